The molecular formula is C8H15N. The van der Waals surface area contributed by atoms with E-state index in [4.69, 9.17) is 6.42 Å². The van der Waals surface area contributed by atoms with Gasteiger partial charge in [0.1, 0.15) is 0 Å². The maximum atomic E-state index is 5.06. The first-order valence-electron chi connectivity index (χ1n) is 3.48. The standard InChI is InChI=1S/C8H15N/c1-4-6-8(3)9-7-5-2/h2,8-9H,4,6-7H2,1,3H3/t8-/m0/s1. The Morgan fingerprint density at radius 3 is 2.78 bits per heavy atom. The van der Waals surface area contributed by atoms with Gasteiger partial charge >= 0.3 is 0 Å². The van der Waals surface area contributed by atoms with Gasteiger partial charge in [-0.1, -0.05) is 19.3 Å². The van der Waals surface area contributed by atoms with Crippen LogP contribution in [0.3, 0.4) is 0 Å². The molecule has 0 spiro atoms. The quantitative estimate of drug-likeness (QED) is 0.560. The Morgan fingerprint density at radius 2 is 2.33 bits per heavy atom. The van der Waals surface area contributed by atoms with Crippen LogP contribution in [0.2, 0.25) is 0 Å². The van der Waals surface area contributed by atoms with Gasteiger partial charge in [0.05, 0.1) is 6.54 Å². The van der Waals surface area contributed by atoms with Crippen LogP contribution >= 0.6 is 0 Å². The molecule has 0 unspecified atom stereocenters. The summed E-state index contributed by atoms with van der Waals surface area (Å²) in [7, 11) is 0. The van der Waals surface area contributed by atoms with Crippen LogP contribution in [0.25, 0.3) is 0 Å². The van der Waals surface area contributed by atoms with Crippen LogP contribution in [0.15, 0.2) is 0 Å². The predicted octanol–water partition coefficient (Wildman–Crippen LogP) is 1.40. The first kappa shape index (κ1) is 8.52. The summed E-state index contributed by atoms with van der Waals surface area (Å²) in [6.07, 6.45) is 7.49. The number of hydrogen-bond acceptors (Lipinski definition) is 1. The van der Waals surface area contributed by atoms with Gasteiger partial charge in [0.2, 0.25) is 0 Å². The second-order valence-electron chi connectivity index (χ2n) is 2.27. The van der Waals surface area contributed by atoms with Crippen molar-refractivity contribution < 1.29 is 0 Å². The smallest absolute Gasteiger partial charge is 0.0575 e. The van der Waals surface area contributed by atoms with Gasteiger partial charge in [0, 0.05) is 6.04 Å². The topological polar surface area (TPSA) is 12.0 Å². The second kappa shape index (κ2) is 5.65. The molecule has 1 N–H and O–H groups in total. The zero-order valence-electron chi connectivity index (χ0n) is 6.28. The molecule has 0 amide bonds. The van der Waals surface area contributed by atoms with Gasteiger partial charge in [-0.3, -0.25) is 0 Å². The summed E-state index contributed by atoms with van der Waals surface area (Å²) < 4.78 is 0. The van der Waals surface area contributed by atoms with Crippen molar-refractivity contribution in [1.82, 2.24) is 5.32 Å². The second-order valence-corrected chi connectivity index (χ2v) is 2.27. The lowest BCUT2D eigenvalue weighted by Gasteiger charge is -2.08. The zero-order valence-corrected chi connectivity index (χ0v) is 6.28. The van der Waals surface area contributed by atoms with E-state index in [1.54, 1.807) is 0 Å². The molecule has 0 rings (SSSR count). The van der Waals surface area contributed by atoms with Crippen molar-refractivity contribution in [2.75, 3.05) is 6.54 Å². The molecule has 0 aromatic carbocycles. The molecule has 1 heteroatoms. The molecule has 0 aromatic heterocycles. The summed E-state index contributed by atoms with van der Waals surface area (Å²) in [5.41, 5.74) is 0. The van der Waals surface area contributed by atoms with E-state index in [0.717, 1.165) is 0 Å². The molecule has 0 aromatic rings. The van der Waals surface area contributed by atoms with Crippen LogP contribution in [0.5, 0.6) is 0 Å². The Balaban J connectivity index is 3.07. The number of nitrogens with one attached hydrogen (secondary N) is 1. The Bertz CT molecular complexity index is 91.2. The van der Waals surface area contributed by atoms with Crippen LogP contribution in [0.4, 0.5) is 0 Å². The molecule has 0 saturated heterocycles. The lowest BCUT2D eigenvalue weighted by molar-refractivity contribution is 0.540. The van der Waals surface area contributed by atoms with Crippen molar-refractivity contribution in [3.63, 3.8) is 0 Å². The van der Waals surface area contributed by atoms with Gasteiger partial charge in [-0.05, 0) is 13.3 Å². The van der Waals surface area contributed by atoms with Gasteiger partial charge in [0.25, 0.3) is 0 Å². The fourth-order valence-corrected chi connectivity index (χ4v) is 0.768. The van der Waals surface area contributed by atoms with Crippen LogP contribution < -0.4 is 5.32 Å². The van der Waals surface area contributed by atoms with Gasteiger partial charge in [-0.15, -0.1) is 6.42 Å². The van der Waals surface area contributed by atoms with Crippen LogP contribution in [0, 0.1) is 12.3 Å². The monoisotopic (exact) mass is 125 g/mol. The number of hydrogen-bond donors (Lipinski definition) is 1. The highest BCUT2D eigenvalue weighted by Gasteiger charge is 1.94. The van der Waals surface area contributed by atoms with E-state index in [9.17, 15) is 0 Å². The fraction of sp³-hybridized carbons (Fsp3) is 0.750. The predicted molar refractivity (Wildman–Crippen MR) is 41.2 cm³/mol. The molecule has 0 radical (unpaired) electrons. The summed E-state index contributed by atoms with van der Waals surface area (Å²) in [5.74, 6) is 2.55. The van der Waals surface area contributed by atoms with E-state index in [1.165, 1.54) is 12.8 Å². The minimum atomic E-state index is 0.575. The Kier molecular flexibility index (Phi) is 5.35. The van der Waals surface area contributed by atoms with Crippen LogP contribution in [-0.4, -0.2) is 12.6 Å². The van der Waals surface area contributed by atoms with Crippen LogP contribution in [0.1, 0.15) is 26.7 Å². The lowest BCUT2D eigenvalue weighted by Crippen LogP contribution is -2.25. The Labute approximate surface area is 57.8 Å². The molecule has 9 heavy (non-hydrogen) atoms. The molecule has 52 valence electrons. The third kappa shape index (κ3) is 5.39. The van der Waals surface area contributed by atoms with E-state index in [2.05, 4.69) is 25.1 Å². The maximum Gasteiger partial charge on any atom is 0.0575 e. The van der Waals surface area contributed by atoms with Crippen molar-refractivity contribution in [2.45, 2.75) is 32.7 Å². The molecular weight excluding hydrogens is 110 g/mol. The van der Waals surface area contributed by atoms with Gasteiger partial charge < -0.3 is 5.32 Å². The van der Waals surface area contributed by atoms with Crippen molar-refractivity contribution in [3.05, 3.63) is 0 Å². The maximum absolute atomic E-state index is 5.06. The van der Waals surface area contributed by atoms with Gasteiger partial charge in [0.15, 0.2) is 0 Å². The molecule has 1 nitrogen and oxygen atoms in total. The molecule has 1 atom stereocenters. The van der Waals surface area contributed by atoms with Crippen molar-refractivity contribution in [3.8, 4) is 12.3 Å². The van der Waals surface area contributed by atoms with Gasteiger partial charge in [-0.25, -0.2) is 0 Å². The highest BCUT2D eigenvalue weighted by atomic mass is 14.9. The molecule has 0 bridgehead atoms. The first-order valence-corrected chi connectivity index (χ1v) is 3.48. The van der Waals surface area contributed by atoms with Crippen molar-refractivity contribution >= 4 is 0 Å². The lowest BCUT2D eigenvalue weighted by atomic mass is 10.2. The van der Waals surface area contributed by atoms with Gasteiger partial charge in [-0.2, -0.15) is 0 Å². The number of terminal acetylenes is 1. The minimum absolute atomic E-state index is 0.575. The van der Waals surface area contributed by atoms with E-state index >= 15 is 0 Å². The molecule has 0 aliphatic heterocycles. The summed E-state index contributed by atoms with van der Waals surface area (Å²) in [5, 5.41) is 3.20. The van der Waals surface area contributed by atoms with E-state index in [1.807, 2.05) is 0 Å². The van der Waals surface area contributed by atoms with Crippen molar-refractivity contribution in [1.29, 1.82) is 0 Å². The fourth-order valence-electron chi connectivity index (χ4n) is 0.768. The third-order valence-corrected chi connectivity index (χ3v) is 1.27. The first-order chi connectivity index (χ1) is 4.31. The molecule has 0 aliphatic rings. The molecule has 0 aliphatic carbocycles. The third-order valence-electron chi connectivity index (χ3n) is 1.27. The van der Waals surface area contributed by atoms with E-state index in [0.29, 0.717) is 12.6 Å². The summed E-state index contributed by atoms with van der Waals surface area (Å²) in [4.78, 5) is 0. The number of rotatable bonds is 4. The highest BCUT2D eigenvalue weighted by molar-refractivity contribution is 4.87. The van der Waals surface area contributed by atoms with Crippen LogP contribution in [-0.2, 0) is 0 Å². The Hall–Kier alpha value is -0.480. The van der Waals surface area contributed by atoms with Crippen molar-refractivity contribution in [2.24, 2.45) is 0 Å². The molecule has 0 saturated carbocycles. The summed E-state index contributed by atoms with van der Waals surface area (Å²) in [6, 6.07) is 0.575. The molecule has 0 heterocycles. The highest BCUT2D eigenvalue weighted by Crippen LogP contribution is 1.92. The average Bonchev–Trinajstić information content (AvgIpc) is 1.85. The van der Waals surface area contributed by atoms with E-state index in [-0.39, 0.29) is 0 Å². The van der Waals surface area contributed by atoms with E-state index < -0.39 is 0 Å². The normalized spacial score (nSPS) is 12.6. The largest absolute Gasteiger partial charge is 0.304 e. The average molecular weight is 125 g/mol. The molecule has 0 fully saturated rings. The minimum Gasteiger partial charge on any atom is -0.304 e. The summed E-state index contributed by atoms with van der Waals surface area (Å²) >= 11 is 0. The zero-order chi connectivity index (χ0) is 7.11. The SMILES string of the molecule is C#CCN[C@@H](C)CCC. The summed E-state index contributed by atoms with van der Waals surface area (Å²) in [6.45, 7) is 5.02. The Morgan fingerprint density at radius 1 is 1.67 bits per heavy atom.